The smallest absolute Gasteiger partial charge is 0.0945 e. The average molecular weight is 350 g/mol. The first-order chi connectivity index (χ1) is 12.8. The lowest BCUT2D eigenvalue weighted by atomic mass is 10.0. The molecule has 2 aromatic carbocycles. The van der Waals surface area contributed by atoms with Crippen LogP contribution in [-0.2, 0) is 4.74 Å². The van der Waals surface area contributed by atoms with Gasteiger partial charge in [0.25, 0.3) is 0 Å². The van der Waals surface area contributed by atoms with Gasteiger partial charge in [-0.15, -0.1) is 5.10 Å². The Bertz CT molecular complexity index is 806. The molecule has 26 heavy (non-hydrogen) atoms. The van der Waals surface area contributed by atoms with Gasteiger partial charge in [0.15, 0.2) is 0 Å². The van der Waals surface area contributed by atoms with Crippen molar-refractivity contribution in [3.8, 4) is 11.1 Å². The molecular formula is C20H22N4O2. The van der Waals surface area contributed by atoms with E-state index in [0.29, 0.717) is 19.8 Å². The molecule has 134 valence electrons. The topological polar surface area (TPSA) is 72.2 Å². The van der Waals surface area contributed by atoms with Gasteiger partial charge in [-0.25, -0.2) is 4.68 Å². The number of aliphatic hydroxyl groups is 1. The Balaban J connectivity index is 1.37. The summed E-state index contributed by atoms with van der Waals surface area (Å²) in [7, 11) is 0. The van der Waals surface area contributed by atoms with Gasteiger partial charge < -0.3 is 15.2 Å². The van der Waals surface area contributed by atoms with Gasteiger partial charge in [0.2, 0.25) is 0 Å². The third-order valence-corrected chi connectivity index (χ3v) is 4.81. The Kier molecular flexibility index (Phi) is 5.06. The quantitative estimate of drug-likeness (QED) is 0.713. The van der Waals surface area contributed by atoms with Gasteiger partial charge >= 0.3 is 0 Å². The van der Waals surface area contributed by atoms with Crippen LogP contribution in [0.15, 0.2) is 67.0 Å². The zero-order valence-electron chi connectivity index (χ0n) is 14.4. The van der Waals surface area contributed by atoms with E-state index in [1.165, 1.54) is 5.56 Å². The minimum atomic E-state index is -0.572. The molecule has 1 saturated heterocycles. The Hall–Kier alpha value is -2.54. The highest BCUT2D eigenvalue weighted by Gasteiger charge is 2.30. The van der Waals surface area contributed by atoms with E-state index in [4.69, 9.17) is 4.74 Å². The van der Waals surface area contributed by atoms with Crippen molar-refractivity contribution in [2.24, 2.45) is 0 Å². The van der Waals surface area contributed by atoms with Crippen molar-refractivity contribution in [1.29, 1.82) is 0 Å². The van der Waals surface area contributed by atoms with Crippen LogP contribution in [0, 0.1) is 0 Å². The predicted octanol–water partition coefficient (Wildman–Crippen LogP) is 2.21. The van der Waals surface area contributed by atoms with Gasteiger partial charge in [-0.2, -0.15) is 0 Å². The summed E-state index contributed by atoms with van der Waals surface area (Å²) in [6.45, 7) is 1.66. The molecule has 0 saturated carbocycles. The maximum atomic E-state index is 10.5. The minimum absolute atomic E-state index is 0.102. The van der Waals surface area contributed by atoms with Crippen molar-refractivity contribution in [2.75, 3.05) is 19.8 Å². The fraction of sp³-hybridized carbons (Fsp3) is 0.300. The Morgan fingerprint density at radius 2 is 1.85 bits per heavy atom. The van der Waals surface area contributed by atoms with E-state index in [9.17, 15) is 5.11 Å². The van der Waals surface area contributed by atoms with Crippen LogP contribution in [0.1, 0.15) is 17.7 Å². The monoisotopic (exact) mass is 350 g/mol. The number of rotatable bonds is 6. The van der Waals surface area contributed by atoms with Crippen molar-refractivity contribution in [3.05, 3.63) is 72.6 Å². The number of aromatic nitrogens is 3. The number of hydrogen-bond donors (Lipinski definition) is 2. The maximum absolute atomic E-state index is 10.5. The summed E-state index contributed by atoms with van der Waals surface area (Å²) >= 11 is 0. The van der Waals surface area contributed by atoms with Gasteiger partial charge in [0.05, 0.1) is 37.6 Å². The average Bonchev–Trinajstić information content (AvgIpc) is 3.38. The number of nitrogens with one attached hydrogen (secondary N) is 1. The van der Waals surface area contributed by atoms with Crippen molar-refractivity contribution >= 4 is 0 Å². The predicted molar refractivity (Wildman–Crippen MR) is 98.5 cm³/mol. The number of benzene rings is 2. The van der Waals surface area contributed by atoms with Crippen molar-refractivity contribution in [3.63, 3.8) is 0 Å². The Morgan fingerprint density at radius 3 is 2.58 bits per heavy atom. The van der Waals surface area contributed by atoms with Gasteiger partial charge in [-0.1, -0.05) is 59.8 Å². The van der Waals surface area contributed by atoms with Crippen molar-refractivity contribution in [1.82, 2.24) is 20.3 Å². The normalized spacial score (nSPS) is 21.0. The summed E-state index contributed by atoms with van der Waals surface area (Å²) in [6.07, 6.45) is 2.93. The van der Waals surface area contributed by atoms with Crippen LogP contribution in [0.25, 0.3) is 11.1 Å². The third-order valence-electron chi connectivity index (χ3n) is 4.81. The van der Waals surface area contributed by atoms with Gasteiger partial charge in [-0.05, 0) is 16.7 Å². The molecule has 1 aromatic heterocycles. The van der Waals surface area contributed by atoms with E-state index in [-0.39, 0.29) is 12.1 Å². The molecule has 1 fully saturated rings. The third kappa shape index (κ3) is 3.67. The lowest BCUT2D eigenvalue weighted by Gasteiger charge is -2.21. The summed E-state index contributed by atoms with van der Waals surface area (Å²) in [5, 5.41) is 21.8. The number of hydrogen-bond acceptors (Lipinski definition) is 5. The van der Waals surface area contributed by atoms with Crippen molar-refractivity contribution < 1.29 is 9.84 Å². The molecule has 1 aliphatic heterocycles. The molecule has 0 aliphatic carbocycles. The van der Waals surface area contributed by atoms with E-state index >= 15 is 0 Å². The summed E-state index contributed by atoms with van der Waals surface area (Å²) in [6, 6.07) is 18.5. The lowest BCUT2D eigenvalue weighted by molar-refractivity contribution is 0.161. The molecule has 0 amide bonds. The van der Waals surface area contributed by atoms with Crippen LogP contribution in [-0.4, -0.2) is 45.9 Å². The van der Waals surface area contributed by atoms with Crippen LogP contribution < -0.4 is 5.32 Å². The minimum Gasteiger partial charge on any atom is -0.387 e. The highest BCUT2D eigenvalue weighted by Crippen LogP contribution is 2.23. The molecule has 2 heterocycles. The fourth-order valence-electron chi connectivity index (χ4n) is 3.30. The second-order valence-corrected chi connectivity index (χ2v) is 6.51. The maximum Gasteiger partial charge on any atom is 0.0945 e. The number of nitrogens with zero attached hydrogens (tertiary/aromatic N) is 3. The fourth-order valence-corrected chi connectivity index (χ4v) is 3.30. The second-order valence-electron chi connectivity index (χ2n) is 6.51. The summed E-state index contributed by atoms with van der Waals surface area (Å²) in [5.41, 5.74) is 3.21. The first-order valence-corrected chi connectivity index (χ1v) is 8.81. The van der Waals surface area contributed by atoms with E-state index in [2.05, 4.69) is 27.8 Å². The van der Waals surface area contributed by atoms with E-state index < -0.39 is 6.10 Å². The van der Waals surface area contributed by atoms with Gasteiger partial charge in [-0.3, -0.25) is 0 Å². The first kappa shape index (κ1) is 16.9. The molecule has 6 nitrogen and oxygen atoms in total. The van der Waals surface area contributed by atoms with Crippen LogP contribution in [0.4, 0.5) is 0 Å². The summed E-state index contributed by atoms with van der Waals surface area (Å²) in [5.74, 6) is 0. The van der Waals surface area contributed by atoms with E-state index in [1.54, 1.807) is 6.20 Å². The summed E-state index contributed by atoms with van der Waals surface area (Å²) in [4.78, 5) is 0. The molecule has 3 aromatic rings. The second kappa shape index (κ2) is 7.78. The van der Waals surface area contributed by atoms with E-state index in [1.807, 2.05) is 53.3 Å². The molecule has 1 aliphatic rings. The van der Waals surface area contributed by atoms with Gasteiger partial charge in [0.1, 0.15) is 0 Å². The first-order valence-electron chi connectivity index (χ1n) is 8.81. The molecule has 2 N–H and O–H groups in total. The highest BCUT2D eigenvalue weighted by atomic mass is 16.5. The molecule has 4 rings (SSSR count). The Labute approximate surface area is 152 Å². The Morgan fingerprint density at radius 1 is 1.08 bits per heavy atom. The van der Waals surface area contributed by atoms with Crippen LogP contribution in [0.3, 0.4) is 0 Å². The number of ether oxygens (including phenoxy) is 1. The molecule has 1 unspecified atom stereocenters. The molecule has 0 spiro atoms. The van der Waals surface area contributed by atoms with Crippen LogP contribution in [0.5, 0.6) is 0 Å². The highest BCUT2D eigenvalue weighted by molar-refractivity contribution is 5.63. The van der Waals surface area contributed by atoms with Gasteiger partial charge in [0, 0.05) is 12.7 Å². The molecular weight excluding hydrogens is 328 g/mol. The molecule has 0 radical (unpaired) electrons. The zero-order valence-corrected chi connectivity index (χ0v) is 14.4. The van der Waals surface area contributed by atoms with Crippen LogP contribution >= 0.6 is 0 Å². The standard InChI is InChI=1S/C20H22N4O2/c25-20(12-21-18-13-26-14-19(18)24-11-10-22-23-24)17-8-6-16(7-9-17)15-4-2-1-3-5-15/h1-11,18-21,25H,12-14H2/t18-,19+,20?/m1/s1. The molecule has 0 bridgehead atoms. The van der Waals surface area contributed by atoms with Crippen LogP contribution in [0.2, 0.25) is 0 Å². The molecule has 3 atom stereocenters. The van der Waals surface area contributed by atoms with E-state index in [0.717, 1.165) is 11.1 Å². The SMILES string of the molecule is OC(CN[C@@H]1COC[C@@H]1n1ccnn1)c1ccc(-c2ccccc2)cc1. The molecule has 6 heteroatoms. The summed E-state index contributed by atoms with van der Waals surface area (Å²) < 4.78 is 7.37. The van der Waals surface area contributed by atoms with Crippen molar-refractivity contribution in [2.45, 2.75) is 18.2 Å². The lowest BCUT2D eigenvalue weighted by Crippen LogP contribution is -2.39. The largest absolute Gasteiger partial charge is 0.387 e. The number of aliphatic hydroxyl groups excluding tert-OH is 1. The zero-order chi connectivity index (χ0) is 17.8.